The Kier molecular flexibility index (Phi) is 2.85. The zero-order valence-electron chi connectivity index (χ0n) is 10.0. The fraction of sp³-hybridized carbons (Fsp3) is 0.333. The SMILES string of the molecule is Nc1nc2c(c(NCc3cc[nH]c3)n1)CNCC2. The minimum atomic E-state index is 0.340. The number of fused-ring (bicyclic) bond motifs is 1. The maximum absolute atomic E-state index is 5.74. The van der Waals surface area contributed by atoms with Gasteiger partial charge in [-0.15, -0.1) is 0 Å². The van der Waals surface area contributed by atoms with E-state index in [0.29, 0.717) is 5.95 Å². The first-order chi connectivity index (χ1) is 8.83. The molecular weight excluding hydrogens is 228 g/mol. The highest BCUT2D eigenvalue weighted by Gasteiger charge is 2.16. The van der Waals surface area contributed by atoms with Crippen molar-refractivity contribution in [1.29, 1.82) is 0 Å². The Hall–Kier alpha value is -2.08. The topological polar surface area (TPSA) is 91.6 Å². The van der Waals surface area contributed by atoms with Crippen molar-refractivity contribution in [2.24, 2.45) is 0 Å². The average molecular weight is 244 g/mol. The Morgan fingerprint density at radius 2 is 2.33 bits per heavy atom. The first-order valence-electron chi connectivity index (χ1n) is 6.04. The fourth-order valence-electron chi connectivity index (χ4n) is 2.16. The lowest BCUT2D eigenvalue weighted by molar-refractivity contribution is 0.628. The minimum Gasteiger partial charge on any atom is -0.368 e. The van der Waals surface area contributed by atoms with Crippen molar-refractivity contribution in [2.45, 2.75) is 19.5 Å². The molecule has 0 atom stereocenters. The zero-order chi connectivity index (χ0) is 12.4. The molecule has 3 heterocycles. The third-order valence-electron chi connectivity index (χ3n) is 3.07. The van der Waals surface area contributed by atoms with E-state index in [0.717, 1.165) is 43.1 Å². The van der Waals surface area contributed by atoms with Gasteiger partial charge in [-0.1, -0.05) is 0 Å². The largest absolute Gasteiger partial charge is 0.368 e. The van der Waals surface area contributed by atoms with E-state index >= 15 is 0 Å². The molecule has 3 rings (SSSR count). The molecule has 0 bridgehead atoms. The van der Waals surface area contributed by atoms with Crippen LogP contribution in [0.15, 0.2) is 18.5 Å². The van der Waals surface area contributed by atoms with Crippen LogP contribution < -0.4 is 16.4 Å². The molecule has 1 aliphatic rings. The molecule has 1 aliphatic heterocycles. The van der Waals surface area contributed by atoms with Gasteiger partial charge in [0.2, 0.25) is 5.95 Å². The van der Waals surface area contributed by atoms with Crippen LogP contribution in [-0.4, -0.2) is 21.5 Å². The standard InChI is InChI=1S/C12H16N6/c13-12-17-10-2-4-15-7-9(10)11(18-12)16-6-8-1-3-14-5-8/h1,3,5,14-15H,2,4,6-7H2,(H3,13,16,17,18). The second-order valence-electron chi connectivity index (χ2n) is 4.36. The lowest BCUT2D eigenvalue weighted by Gasteiger charge is -2.19. The maximum Gasteiger partial charge on any atom is 0.222 e. The molecule has 0 unspecified atom stereocenters. The van der Waals surface area contributed by atoms with Gasteiger partial charge < -0.3 is 21.4 Å². The average Bonchev–Trinajstić information content (AvgIpc) is 2.89. The molecule has 2 aromatic heterocycles. The van der Waals surface area contributed by atoms with Crippen molar-refractivity contribution in [3.8, 4) is 0 Å². The van der Waals surface area contributed by atoms with Crippen LogP contribution in [0.5, 0.6) is 0 Å². The molecule has 6 heteroatoms. The van der Waals surface area contributed by atoms with Crippen LogP contribution in [0.1, 0.15) is 16.8 Å². The van der Waals surface area contributed by atoms with E-state index in [2.05, 4.69) is 25.6 Å². The Bertz CT molecular complexity index is 534. The van der Waals surface area contributed by atoms with Crippen molar-refractivity contribution < 1.29 is 0 Å². The summed E-state index contributed by atoms with van der Waals surface area (Å²) in [4.78, 5) is 11.6. The van der Waals surface area contributed by atoms with E-state index in [1.807, 2.05) is 18.5 Å². The van der Waals surface area contributed by atoms with Crippen LogP contribution >= 0.6 is 0 Å². The zero-order valence-corrected chi connectivity index (χ0v) is 10.0. The number of rotatable bonds is 3. The van der Waals surface area contributed by atoms with Crippen molar-refractivity contribution in [1.82, 2.24) is 20.3 Å². The first-order valence-corrected chi connectivity index (χ1v) is 6.04. The van der Waals surface area contributed by atoms with Gasteiger partial charge in [0, 0.05) is 44.0 Å². The molecule has 0 saturated heterocycles. The smallest absolute Gasteiger partial charge is 0.222 e. The number of H-pyrrole nitrogens is 1. The summed E-state index contributed by atoms with van der Waals surface area (Å²) in [6, 6.07) is 2.03. The predicted octanol–water partition coefficient (Wildman–Crippen LogP) is 0.645. The monoisotopic (exact) mass is 244 g/mol. The number of hydrogen-bond acceptors (Lipinski definition) is 5. The highest BCUT2D eigenvalue weighted by atomic mass is 15.1. The van der Waals surface area contributed by atoms with E-state index in [4.69, 9.17) is 5.73 Å². The van der Waals surface area contributed by atoms with Crippen molar-refractivity contribution in [3.63, 3.8) is 0 Å². The molecule has 0 radical (unpaired) electrons. The molecule has 0 aliphatic carbocycles. The maximum atomic E-state index is 5.74. The fourth-order valence-corrected chi connectivity index (χ4v) is 2.16. The molecule has 0 fully saturated rings. The van der Waals surface area contributed by atoms with Crippen molar-refractivity contribution in [2.75, 3.05) is 17.6 Å². The quantitative estimate of drug-likeness (QED) is 0.636. The number of hydrogen-bond donors (Lipinski definition) is 4. The van der Waals surface area contributed by atoms with E-state index < -0.39 is 0 Å². The van der Waals surface area contributed by atoms with Gasteiger partial charge in [0.15, 0.2) is 0 Å². The lowest BCUT2D eigenvalue weighted by atomic mass is 10.1. The Balaban J connectivity index is 1.84. The van der Waals surface area contributed by atoms with Gasteiger partial charge in [0.25, 0.3) is 0 Å². The van der Waals surface area contributed by atoms with Crippen molar-refractivity contribution in [3.05, 3.63) is 35.3 Å². The highest BCUT2D eigenvalue weighted by Crippen LogP contribution is 2.21. The Morgan fingerprint density at radius 1 is 1.39 bits per heavy atom. The van der Waals surface area contributed by atoms with E-state index in [9.17, 15) is 0 Å². The number of nitrogens with one attached hydrogen (secondary N) is 3. The van der Waals surface area contributed by atoms with Crippen LogP contribution in [0.25, 0.3) is 0 Å². The van der Waals surface area contributed by atoms with Crippen molar-refractivity contribution >= 4 is 11.8 Å². The summed E-state index contributed by atoms with van der Waals surface area (Å²) in [5.41, 5.74) is 9.11. The molecule has 6 nitrogen and oxygen atoms in total. The molecule has 5 N–H and O–H groups in total. The number of nitrogen functional groups attached to an aromatic ring is 1. The first kappa shape index (κ1) is 11.0. The third-order valence-corrected chi connectivity index (χ3v) is 3.07. The van der Waals surface area contributed by atoms with Crippen LogP contribution in [0.3, 0.4) is 0 Å². The number of nitrogens with two attached hydrogens (primary N) is 1. The number of anilines is 2. The van der Waals surface area contributed by atoms with Crippen LogP contribution in [-0.2, 0) is 19.5 Å². The van der Waals surface area contributed by atoms with Gasteiger partial charge >= 0.3 is 0 Å². The molecular formula is C12H16N6. The molecule has 0 saturated carbocycles. The molecule has 18 heavy (non-hydrogen) atoms. The molecule has 94 valence electrons. The summed E-state index contributed by atoms with van der Waals surface area (Å²) in [5.74, 6) is 1.18. The van der Waals surface area contributed by atoms with Gasteiger partial charge in [-0.2, -0.15) is 4.98 Å². The van der Waals surface area contributed by atoms with Gasteiger partial charge in [0.05, 0.1) is 5.69 Å². The van der Waals surface area contributed by atoms with E-state index in [1.165, 1.54) is 5.56 Å². The molecule has 0 amide bonds. The Labute approximate surface area is 105 Å². The van der Waals surface area contributed by atoms with Crippen LogP contribution in [0, 0.1) is 0 Å². The molecule has 2 aromatic rings. The van der Waals surface area contributed by atoms with Gasteiger partial charge in [0.1, 0.15) is 5.82 Å². The summed E-state index contributed by atoms with van der Waals surface area (Å²) in [7, 11) is 0. The summed E-state index contributed by atoms with van der Waals surface area (Å²) >= 11 is 0. The Morgan fingerprint density at radius 3 is 3.17 bits per heavy atom. The number of aromatic amines is 1. The van der Waals surface area contributed by atoms with Gasteiger partial charge in [-0.3, -0.25) is 0 Å². The number of nitrogens with zero attached hydrogens (tertiary/aromatic N) is 2. The summed E-state index contributed by atoms with van der Waals surface area (Å²) < 4.78 is 0. The normalized spacial score (nSPS) is 14.2. The lowest BCUT2D eigenvalue weighted by Crippen LogP contribution is -2.26. The number of aromatic nitrogens is 3. The summed E-state index contributed by atoms with van der Waals surface area (Å²) in [6.07, 6.45) is 4.77. The second-order valence-corrected chi connectivity index (χ2v) is 4.36. The van der Waals surface area contributed by atoms with Gasteiger partial charge in [-0.05, 0) is 11.6 Å². The second kappa shape index (κ2) is 4.66. The van der Waals surface area contributed by atoms with Gasteiger partial charge in [-0.25, -0.2) is 4.98 Å². The summed E-state index contributed by atoms with van der Waals surface area (Å²) in [6.45, 7) is 2.47. The highest BCUT2D eigenvalue weighted by molar-refractivity contribution is 5.50. The molecule has 0 aromatic carbocycles. The third kappa shape index (κ3) is 2.14. The summed E-state index contributed by atoms with van der Waals surface area (Å²) in [5, 5.41) is 6.65. The van der Waals surface area contributed by atoms with Crippen LogP contribution in [0.2, 0.25) is 0 Å². The van der Waals surface area contributed by atoms with Crippen LogP contribution in [0.4, 0.5) is 11.8 Å². The minimum absolute atomic E-state index is 0.340. The van der Waals surface area contributed by atoms with E-state index in [1.54, 1.807) is 0 Å². The van der Waals surface area contributed by atoms with E-state index in [-0.39, 0.29) is 0 Å². The predicted molar refractivity (Wildman–Crippen MR) is 70.0 cm³/mol. The molecule has 0 spiro atoms.